The van der Waals surface area contributed by atoms with Gasteiger partial charge in [0.2, 0.25) is 0 Å². The van der Waals surface area contributed by atoms with Gasteiger partial charge in [0.05, 0.1) is 11.1 Å². The summed E-state index contributed by atoms with van der Waals surface area (Å²) in [5.41, 5.74) is 2.50. The van der Waals surface area contributed by atoms with E-state index in [1.54, 1.807) is 18.3 Å². The Kier molecular flexibility index (Phi) is 6.77. The molecule has 0 fully saturated rings. The lowest BCUT2D eigenvalue weighted by Crippen LogP contribution is -1.99. The highest BCUT2D eigenvalue weighted by molar-refractivity contribution is 9.10. The predicted molar refractivity (Wildman–Crippen MR) is 128 cm³/mol. The van der Waals surface area contributed by atoms with Gasteiger partial charge in [-0.05, 0) is 46.2 Å². The molecule has 0 aliphatic carbocycles. The van der Waals surface area contributed by atoms with Gasteiger partial charge in [0.1, 0.15) is 19.0 Å². The van der Waals surface area contributed by atoms with E-state index in [2.05, 4.69) is 51.4 Å². The molecule has 0 aromatic heterocycles. The van der Waals surface area contributed by atoms with Crippen molar-refractivity contribution in [3.05, 3.63) is 116 Å². The monoisotopic (exact) mass is 490 g/mol. The zero-order valence-corrected chi connectivity index (χ0v) is 18.6. The van der Waals surface area contributed by atoms with Crippen LogP contribution in [0.4, 0.5) is 5.69 Å². The molecule has 4 aromatic carbocycles. The Morgan fingerprint density at radius 2 is 1.69 bits per heavy atom. The molecule has 0 aliphatic rings. The topological polar surface area (TPSA) is 74.0 Å². The van der Waals surface area contributed by atoms with Crippen molar-refractivity contribution in [1.29, 1.82) is 0 Å². The van der Waals surface area contributed by atoms with Gasteiger partial charge < -0.3 is 9.57 Å². The molecule has 4 rings (SSSR count). The summed E-state index contributed by atoms with van der Waals surface area (Å²) in [6, 6.07) is 26.4. The van der Waals surface area contributed by atoms with E-state index in [0.717, 1.165) is 15.6 Å². The number of nitrogens with zero attached hydrogens (tertiary/aromatic N) is 2. The molecule has 4 aromatic rings. The number of fused-ring (bicyclic) bond motifs is 1. The van der Waals surface area contributed by atoms with Gasteiger partial charge in [0.25, 0.3) is 5.69 Å². The number of non-ortho nitro benzene ring substituents is 1. The van der Waals surface area contributed by atoms with Gasteiger partial charge in [0.15, 0.2) is 0 Å². The Morgan fingerprint density at radius 1 is 0.875 bits per heavy atom. The molecule has 0 unspecified atom stereocenters. The van der Waals surface area contributed by atoms with Crippen LogP contribution in [0.3, 0.4) is 0 Å². The lowest BCUT2D eigenvalue weighted by molar-refractivity contribution is -0.384. The predicted octanol–water partition coefficient (Wildman–Crippen LogP) is 6.64. The summed E-state index contributed by atoms with van der Waals surface area (Å²) < 4.78 is 6.93. The molecule has 32 heavy (non-hydrogen) atoms. The molecular weight excluding hydrogens is 472 g/mol. The highest BCUT2D eigenvalue weighted by atomic mass is 79.9. The third-order valence-corrected chi connectivity index (χ3v) is 5.29. The van der Waals surface area contributed by atoms with Crippen molar-refractivity contribution >= 4 is 38.6 Å². The number of hydrogen-bond donors (Lipinski definition) is 0. The number of ether oxygens (including phenoxy) is 1. The maximum Gasteiger partial charge on any atom is 0.269 e. The fourth-order valence-corrected chi connectivity index (χ4v) is 3.59. The fraction of sp³-hybridized carbons (Fsp3) is 0.0800. The van der Waals surface area contributed by atoms with Crippen LogP contribution >= 0.6 is 15.9 Å². The minimum absolute atomic E-state index is 0.0199. The molecule has 160 valence electrons. The first-order valence-corrected chi connectivity index (χ1v) is 10.7. The maximum atomic E-state index is 10.9. The average molecular weight is 491 g/mol. The number of oxime groups is 1. The molecule has 0 saturated heterocycles. The van der Waals surface area contributed by atoms with Gasteiger partial charge in [-0.25, -0.2) is 0 Å². The number of hydrogen-bond acceptors (Lipinski definition) is 5. The standard InChI is InChI=1S/C25H19BrN2O4/c26-23-10-11-25(31-16-19-8-9-20-5-1-2-6-21(20)12-19)22(14-23)15-27-32-17-18-4-3-7-24(13-18)28(29)30/h1-15H,16-17H2/b27-15-. The van der Waals surface area contributed by atoms with Gasteiger partial charge in [0, 0.05) is 22.2 Å². The van der Waals surface area contributed by atoms with Crippen molar-refractivity contribution in [3.8, 4) is 5.75 Å². The summed E-state index contributed by atoms with van der Waals surface area (Å²) in [5, 5.41) is 17.3. The van der Waals surface area contributed by atoms with Gasteiger partial charge in [-0.2, -0.15) is 0 Å². The Morgan fingerprint density at radius 3 is 2.53 bits per heavy atom. The molecule has 0 saturated carbocycles. The highest BCUT2D eigenvalue weighted by Crippen LogP contribution is 2.24. The lowest BCUT2D eigenvalue weighted by atomic mass is 10.1. The zero-order chi connectivity index (χ0) is 22.3. The van der Waals surface area contributed by atoms with Gasteiger partial charge in [-0.15, -0.1) is 0 Å². The molecule has 0 heterocycles. The molecule has 0 aliphatic heterocycles. The van der Waals surface area contributed by atoms with Crippen molar-refractivity contribution in [1.82, 2.24) is 0 Å². The summed E-state index contributed by atoms with van der Waals surface area (Å²) in [7, 11) is 0. The minimum Gasteiger partial charge on any atom is -0.488 e. The van der Waals surface area contributed by atoms with E-state index in [1.165, 1.54) is 22.9 Å². The van der Waals surface area contributed by atoms with E-state index < -0.39 is 4.92 Å². The second-order valence-corrected chi connectivity index (χ2v) is 8.00. The highest BCUT2D eigenvalue weighted by Gasteiger charge is 2.07. The van der Waals surface area contributed by atoms with Crippen molar-refractivity contribution in [2.75, 3.05) is 0 Å². The van der Waals surface area contributed by atoms with Crippen molar-refractivity contribution < 1.29 is 14.5 Å². The second-order valence-electron chi connectivity index (χ2n) is 7.09. The Labute approximate surface area is 193 Å². The average Bonchev–Trinajstić information content (AvgIpc) is 2.81. The summed E-state index contributed by atoms with van der Waals surface area (Å²) in [4.78, 5) is 15.8. The van der Waals surface area contributed by atoms with Crippen LogP contribution in [0.25, 0.3) is 10.8 Å². The first kappa shape index (κ1) is 21.5. The van der Waals surface area contributed by atoms with Crippen LogP contribution in [0.15, 0.2) is 94.6 Å². The largest absolute Gasteiger partial charge is 0.488 e. The van der Waals surface area contributed by atoms with E-state index in [-0.39, 0.29) is 12.3 Å². The molecule has 6 nitrogen and oxygen atoms in total. The van der Waals surface area contributed by atoms with Gasteiger partial charge in [-0.3, -0.25) is 10.1 Å². The molecule has 7 heteroatoms. The smallest absolute Gasteiger partial charge is 0.269 e. The molecule has 0 N–H and O–H groups in total. The third kappa shape index (κ3) is 5.50. The second kappa shape index (κ2) is 10.1. The Hall–Kier alpha value is -3.71. The molecular formula is C25H19BrN2O4. The van der Waals surface area contributed by atoms with Crippen LogP contribution in [0, 0.1) is 10.1 Å². The van der Waals surface area contributed by atoms with Crippen LogP contribution in [0.1, 0.15) is 16.7 Å². The molecule has 0 amide bonds. The first-order valence-electron chi connectivity index (χ1n) is 9.87. The number of halogens is 1. The van der Waals surface area contributed by atoms with Crippen LogP contribution in [-0.4, -0.2) is 11.1 Å². The number of benzene rings is 4. The third-order valence-electron chi connectivity index (χ3n) is 4.80. The fourth-order valence-electron chi connectivity index (χ4n) is 3.21. The van der Waals surface area contributed by atoms with Crippen LogP contribution in [0.2, 0.25) is 0 Å². The number of rotatable bonds is 8. The summed E-state index contributed by atoms with van der Waals surface area (Å²) in [5.74, 6) is 0.670. The molecule has 0 radical (unpaired) electrons. The lowest BCUT2D eigenvalue weighted by Gasteiger charge is -2.10. The number of nitro groups is 1. The van der Waals surface area contributed by atoms with Crippen molar-refractivity contribution in [3.63, 3.8) is 0 Å². The summed E-state index contributed by atoms with van der Waals surface area (Å²) >= 11 is 3.46. The van der Waals surface area contributed by atoms with Crippen molar-refractivity contribution in [2.45, 2.75) is 13.2 Å². The summed E-state index contributed by atoms with van der Waals surface area (Å²) in [6.07, 6.45) is 1.57. The van der Waals surface area contributed by atoms with Gasteiger partial charge in [-0.1, -0.05) is 69.6 Å². The van der Waals surface area contributed by atoms with E-state index in [1.807, 2.05) is 30.3 Å². The normalized spacial score (nSPS) is 11.0. The Balaban J connectivity index is 1.42. The zero-order valence-electron chi connectivity index (χ0n) is 17.0. The minimum atomic E-state index is -0.437. The van der Waals surface area contributed by atoms with Crippen LogP contribution in [-0.2, 0) is 18.1 Å². The van der Waals surface area contributed by atoms with E-state index in [4.69, 9.17) is 9.57 Å². The number of nitro benzene ring substituents is 1. The Bertz CT molecular complexity index is 1290. The van der Waals surface area contributed by atoms with Gasteiger partial charge >= 0.3 is 0 Å². The van der Waals surface area contributed by atoms with E-state index >= 15 is 0 Å². The van der Waals surface area contributed by atoms with Crippen molar-refractivity contribution in [2.24, 2.45) is 5.16 Å². The van der Waals surface area contributed by atoms with Crippen LogP contribution < -0.4 is 4.74 Å². The van der Waals surface area contributed by atoms with E-state index in [9.17, 15) is 10.1 Å². The molecule has 0 spiro atoms. The molecule has 0 bridgehead atoms. The van der Waals surface area contributed by atoms with Crippen LogP contribution in [0.5, 0.6) is 5.75 Å². The SMILES string of the molecule is O=[N+]([O-])c1cccc(CO/N=C\c2cc(Br)ccc2OCc2ccc3ccccc3c2)c1. The quantitative estimate of drug-likeness (QED) is 0.157. The summed E-state index contributed by atoms with van der Waals surface area (Å²) in [6.45, 7) is 0.543. The van der Waals surface area contributed by atoms with E-state index in [0.29, 0.717) is 17.9 Å². The molecule has 0 atom stereocenters. The first-order chi connectivity index (χ1) is 15.6. The maximum absolute atomic E-state index is 10.9.